The average molecular weight is 324 g/mol. The molecule has 10 heteroatoms. The number of nitrogens with zero attached hydrogens (tertiary/aromatic N) is 6. The number of rotatable bonds is 3. The van der Waals surface area contributed by atoms with Gasteiger partial charge in [-0.05, 0) is 41.3 Å². The van der Waals surface area contributed by atoms with E-state index in [1.54, 1.807) is 6.07 Å². The number of hydrogen-bond donors (Lipinski definition) is 0. The van der Waals surface area contributed by atoms with Crippen LogP contribution in [0.25, 0.3) is 0 Å². The molecule has 0 bridgehead atoms. The topological polar surface area (TPSA) is 89.4 Å². The van der Waals surface area contributed by atoms with Crippen molar-refractivity contribution in [3.8, 4) is 6.07 Å². The number of hydrogen-bond acceptors (Lipinski definition) is 5. The van der Waals surface area contributed by atoms with Gasteiger partial charge in [0.05, 0.1) is 6.54 Å². The summed E-state index contributed by atoms with van der Waals surface area (Å²) in [7, 11) is 0. The Labute approximate surface area is 128 Å². The molecular formula is C13H11F3N6O. The van der Waals surface area contributed by atoms with Crippen LogP contribution < -0.4 is 5.56 Å². The van der Waals surface area contributed by atoms with Crippen LogP contribution in [-0.4, -0.2) is 31.0 Å². The van der Waals surface area contributed by atoms with Crippen molar-refractivity contribution in [2.45, 2.75) is 38.5 Å². The fourth-order valence-corrected chi connectivity index (χ4v) is 2.74. The standard InChI is InChI=1S/C13H11F3N6O/c14-13(15,16)7-22-11(18-19-20-22)6-21-10-3-1-2-8(10)4-9(5-17)12(21)23/h4H,1-3,6-7H2. The third-order valence-corrected chi connectivity index (χ3v) is 3.71. The van der Waals surface area contributed by atoms with Gasteiger partial charge in [0.15, 0.2) is 5.82 Å². The van der Waals surface area contributed by atoms with Crippen LogP contribution in [0.1, 0.15) is 29.1 Å². The molecule has 0 amide bonds. The maximum absolute atomic E-state index is 12.5. The van der Waals surface area contributed by atoms with Gasteiger partial charge in [-0.3, -0.25) is 4.79 Å². The predicted octanol–water partition coefficient (Wildman–Crippen LogP) is 0.806. The highest BCUT2D eigenvalue weighted by Crippen LogP contribution is 2.22. The highest BCUT2D eigenvalue weighted by Gasteiger charge is 2.30. The van der Waals surface area contributed by atoms with Crippen molar-refractivity contribution in [2.75, 3.05) is 0 Å². The molecule has 23 heavy (non-hydrogen) atoms. The lowest BCUT2D eigenvalue weighted by Crippen LogP contribution is -2.29. The second-order valence-electron chi connectivity index (χ2n) is 5.25. The Morgan fingerprint density at radius 1 is 1.35 bits per heavy atom. The Morgan fingerprint density at radius 3 is 2.83 bits per heavy atom. The Morgan fingerprint density at radius 2 is 2.13 bits per heavy atom. The van der Waals surface area contributed by atoms with E-state index < -0.39 is 18.3 Å². The summed E-state index contributed by atoms with van der Waals surface area (Å²) in [5, 5.41) is 19.2. The van der Waals surface area contributed by atoms with Crippen LogP contribution in [0.2, 0.25) is 0 Å². The first kappa shape index (κ1) is 15.2. The number of aromatic nitrogens is 5. The molecule has 120 valence electrons. The zero-order chi connectivity index (χ0) is 16.6. The van der Waals surface area contributed by atoms with Crippen LogP contribution >= 0.6 is 0 Å². The third-order valence-electron chi connectivity index (χ3n) is 3.71. The molecule has 7 nitrogen and oxygen atoms in total. The zero-order valence-electron chi connectivity index (χ0n) is 11.8. The maximum atomic E-state index is 12.5. The number of fused-ring (bicyclic) bond motifs is 1. The van der Waals surface area contributed by atoms with Crippen LogP contribution in [0.3, 0.4) is 0 Å². The highest BCUT2D eigenvalue weighted by molar-refractivity contribution is 5.36. The first-order valence-corrected chi connectivity index (χ1v) is 6.86. The van der Waals surface area contributed by atoms with Crippen molar-refractivity contribution in [3.63, 3.8) is 0 Å². The first-order chi connectivity index (χ1) is 10.9. The van der Waals surface area contributed by atoms with Gasteiger partial charge < -0.3 is 4.57 Å². The average Bonchev–Trinajstić information content (AvgIpc) is 3.09. The van der Waals surface area contributed by atoms with Crippen molar-refractivity contribution in [2.24, 2.45) is 0 Å². The van der Waals surface area contributed by atoms with Crippen LogP contribution in [0.4, 0.5) is 13.2 Å². The van der Waals surface area contributed by atoms with Gasteiger partial charge in [0.1, 0.15) is 18.2 Å². The van der Waals surface area contributed by atoms with Gasteiger partial charge in [-0.2, -0.15) is 18.4 Å². The van der Waals surface area contributed by atoms with E-state index in [0.29, 0.717) is 11.1 Å². The van der Waals surface area contributed by atoms with Crippen LogP contribution in [0.15, 0.2) is 10.9 Å². The van der Waals surface area contributed by atoms with E-state index in [0.717, 1.165) is 24.1 Å². The minimum Gasteiger partial charge on any atom is -0.304 e. The Kier molecular flexibility index (Phi) is 3.63. The van der Waals surface area contributed by atoms with Crippen LogP contribution in [0.5, 0.6) is 0 Å². The van der Waals surface area contributed by atoms with Crippen LogP contribution in [-0.2, 0) is 25.9 Å². The molecule has 0 saturated heterocycles. The summed E-state index contributed by atoms with van der Waals surface area (Å²) in [5.41, 5.74) is 1.04. The summed E-state index contributed by atoms with van der Waals surface area (Å²) in [6.45, 7) is -1.52. The van der Waals surface area contributed by atoms with Crippen molar-refractivity contribution < 1.29 is 13.2 Å². The second kappa shape index (κ2) is 5.49. The van der Waals surface area contributed by atoms with E-state index >= 15 is 0 Å². The smallest absolute Gasteiger partial charge is 0.304 e. The third kappa shape index (κ3) is 2.94. The molecule has 2 aromatic heterocycles. The van der Waals surface area contributed by atoms with E-state index in [1.165, 1.54) is 4.57 Å². The van der Waals surface area contributed by atoms with E-state index in [4.69, 9.17) is 5.26 Å². The predicted molar refractivity (Wildman–Crippen MR) is 70.4 cm³/mol. The lowest BCUT2D eigenvalue weighted by atomic mass is 10.1. The number of nitriles is 1. The van der Waals surface area contributed by atoms with Crippen molar-refractivity contribution in [1.29, 1.82) is 5.26 Å². The van der Waals surface area contributed by atoms with E-state index in [2.05, 4.69) is 15.5 Å². The maximum Gasteiger partial charge on any atom is 0.408 e. The lowest BCUT2D eigenvalue weighted by Gasteiger charge is -2.13. The molecule has 0 spiro atoms. The molecule has 0 aromatic carbocycles. The lowest BCUT2D eigenvalue weighted by molar-refractivity contribution is -0.143. The van der Waals surface area contributed by atoms with Gasteiger partial charge in [0.2, 0.25) is 0 Å². The van der Waals surface area contributed by atoms with E-state index in [9.17, 15) is 18.0 Å². The van der Waals surface area contributed by atoms with Crippen LogP contribution in [0, 0.1) is 11.3 Å². The van der Waals surface area contributed by atoms with Crippen molar-refractivity contribution in [1.82, 2.24) is 24.8 Å². The number of alkyl halides is 3. The molecule has 3 rings (SSSR count). The van der Waals surface area contributed by atoms with Crippen molar-refractivity contribution >= 4 is 0 Å². The molecule has 0 atom stereocenters. The Balaban J connectivity index is 2.02. The summed E-state index contributed by atoms with van der Waals surface area (Å²) < 4.78 is 39.5. The molecule has 1 aliphatic rings. The Bertz CT molecular complexity index is 845. The van der Waals surface area contributed by atoms with Gasteiger partial charge in [0, 0.05) is 5.69 Å². The summed E-state index contributed by atoms with van der Waals surface area (Å²) in [4.78, 5) is 12.3. The SMILES string of the molecule is N#Cc1cc2c(n(Cc3nnnn3CC(F)(F)F)c1=O)CCC2. The first-order valence-electron chi connectivity index (χ1n) is 6.86. The molecule has 2 heterocycles. The molecule has 0 saturated carbocycles. The Hall–Kier alpha value is -2.70. The van der Waals surface area contributed by atoms with Crippen molar-refractivity contribution in [3.05, 3.63) is 39.1 Å². The zero-order valence-corrected chi connectivity index (χ0v) is 11.8. The number of aryl methyl sites for hydroxylation is 1. The summed E-state index contributed by atoms with van der Waals surface area (Å²) >= 11 is 0. The van der Waals surface area contributed by atoms with Gasteiger partial charge in [-0.15, -0.1) is 5.10 Å². The summed E-state index contributed by atoms with van der Waals surface area (Å²) in [6.07, 6.45) is -2.27. The minimum absolute atomic E-state index is 0.0273. The number of pyridine rings is 1. The molecule has 0 aliphatic heterocycles. The molecule has 2 aromatic rings. The minimum atomic E-state index is -4.47. The fourth-order valence-electron chi connectivity index (χ4n) is 2.74. The van der Waals surface area contributed by atoms with E-state index in [1.807, 2.05) is 6.07 Å². The second-order valence-corrected chi connectivity index (χ2v) is 5.25. The van der Waals surface area contributed by atoms with Gasteiger partial charge in [0.25, 0.3) is 5.56 Å². The van der Waals surface area contributed by atoms with E-state index in [-0.39, 0.29) is 17.9 Å². The molecule has 0 unspecified atom stereocenters. The quantitative estimate of drug-likeness (QED) is 0.833. The number of tetrazole rings is 1. The fraction of sp³-hybridized carbons (Fsp3) is 0.462. The summed E-state index contributed by atoms with van der Waals surface area (Å²) in [5.74, 6) is -0.0754. The molecule has 0 radical (unpaired) electrons. The monoisotopic (exact) mass is 324 g/mol. The van der Waals surface area contributed by atoms with Gasteiger partial charge in [-0.25, -0.2) is 4.68 Å². The molecule has 1 aliphatic carbocycles. The molecule has 0 fully saturated rings. The number of halogens is 3. The van der Waals surface area contributed by atoms with Gasteiger partial charge in [-0.1, -0.05) is 0 Å². The molecular weight excluding hydrogens is 313 g/mol. The normalized spacial score (nSPS) is 13.8. The molecule has 0 N–H and O–H groups in total. The summed E-state index contributed by atoms with van der Waals surface area (Å²) in [6, 6.07) is 3.38. The largest absolute Gasteiger partial charge is 0.408 e. The van der Waals surface area contributed by atoms with Gasteiger partial charge >= 0.3 is 6.18 Å². The highest BCUT2D eigenvalue weighted by atomic mass is 19.4.